The third kappa shape index (κ3) is 4.41. The van der Waals surface area contributed by atoms with Gasteiger partial charge in [0.15, 0.2) is 0 Å². The Balaban J connectivity index is 0.000000351. The standard InChI is InChI=1S/C25H19F3.C5H5N/c26-25(27,28)19-8-3-7-18(15-19)21-10-4-6-17-12-13-22-20-9-2-1-5-16(20)11-14-23(22)24(17)21;1-2-4-6-5-3-1/h1-3,5,7-9,12-15H,4,6,10-11H2;1-5H. The van der Waals surface area contributed by atoms with Gasteiger partial charge in [0.1, 0.15) is 0 Å². The minimum Gasteiger partial charge on any atom is -0.265 e. The van der Waals surface area contributed by atoms with Gasteiger partial charge < -0.3 is 0 Å². The molecule has 34 heavy (non-hydrogen) atoms. The van der Waals surface area contributed by atoms with Crippen LogP contribution in [0.4, 0.5) is 13.2 Å². The summed E-state index contributed by atoms with van der Waals surface area (Å²) in [7, 11) is 0. The molecule has 0 unspecified atom stereocenters. The van der Waals surface area contributed by atoms with Gasteiger partial charge >= 0.3 is 6.18 Å². The molecule has 4 heteroatoms. The summed E-state index contributed by atoms with van der Waals surface area (Å²) in [6.07, 6.45) is 5.02. The zero-order valence-corrected chi connectivity index (χ0v) is 18.6. The second kappa shape index (κ2) is 9.30. The maximum absolute atomic E-state index is 13.3. The predicted molar refractivity (Wildman–Crippen MR) is 130 cm³/mol. The molecule has 0 spiro atoms. The first-order valence-corrected chi connectivity index (χ1v) is 11.5. The molecule has 2 aliphatic rings. The summed E-state index contributed by atoms with van der Waals surface area (Å²) >= 11 is 0. The summed E-state index contributed by atoms with van der Waals surface area (Å²) in [6.45, 7) is 0. The van der Waals surface area contributed by atoms with Gasteiger partial charge in [0, 0.05) is 12.4 Å². The highest BCUT2D eigenvalue weighted by atomic mass is 19.4. The van der Waals surface area contributed by atoms with Crippen LogP contribution in [0.15, 0.2) is 91.3 Å². The Morgan fingerprint density at radius 3 is 2.26 bits per heavy atom. The van der Waals surface area contributed by atoms with E-state index >= 15 is 0 Å². The average Bonchev–Trinajstić information content (AvgIpc) is 2.89. The normalized spacial score (nSPS) is 14.0. The molecule has 0 N–H and O–H groups in total. The van der Waals surface area contributed by atoms with E-state index in [1.54, 1.807) is 12.4 Å². The summed E-state index contributed by atoms with van der Waals surface area (Å²) in [5, 5.41) is 2.33. The molecule has 170 valence electrons. The molecule has 1 nitrogen and oxygen atoms in total. The van der Waals surface area contributed by atoms with Crippen molar-refractivity contribution in [3.8, 4) is 11.1 Å². The second-order valence-corrected chi connectivity index (χ2v) is 8.56. The Bertz CT molecular complexity index is 1410. The number of halogens is 3. The Labute approximate surface area is 196 Å². The van der Waals surface area contributed by atoms with E-state index in [9.17, 15) is 13.2 Å². The van der Waals surface area contributed by atoms with Gasteiger partial charge in [0.2, 0.25) is 0 Å². The minimum atomic E-state index is -4.32. The smallest absolute Gasteiger partial charge is 0.265 e. The number of alkyl halides is 3. The topological polar surface area (TPSA) is 12.9 Å². The van der Waals surface area contributed by atoms with Gasteiger partial charge in [-0.3, -0.25) is 4.98 Å². The number of benzene rings is 3. The van der Waals surface area contributed by atoms with Gasteiger partial charge in [-0.05, 0) is 93.8 Å². The summed E-state index contributed by atoms with van der Waals surface area (Å²) in [5.74, 6) is 0. The first-order chi connectivity index (χ1) is 16.5. The van der Waals surface area contributed by atoms with E-state index in [1.165, 1.54) is 39.6 Å². The Morgan fingerprint density at radius 2 is 1.53 bits per heavy atom. The van der Waals surface area contributed by atoms with Gasteiger partial charge in [-0.2, -0.15) is 13.2 Å². The fourth-order valence-electron chi connectivity index (χ4n) is 4.91. The third-order valence-corrected chi connectivity index (χ3v) is 6.44. The van der Waals surface area contributed by atoms with Gasteiger partial charge in [-0.15, -0.1) is 0 Å². The van der Waals surface area contributed by atoms with Gasteiger partial charge in [-0.25, -0.2) is 0 Å². The van der Waals surface area contributed by atoms with Crippen molar-refractivity contribution >= 4 is 11.6 Å². The molecule has 1 aromatic heterocycles. The third-order valence-electron chi connectivity index (χ3n) is 6.44. The Morgan fingerprint density at radius 1 is 0.706 bits per heavy atom. The van der Waals surface area contributed by atoms with Crippen molar-refractivity contribution in [1.82, 2.24) is 4.98 Å². The van der Waals surface area contributed by atoms with E-state index in [1.807, 2.05) is 30.3 Å². The highest BCUT2D eigenvalue weighted by Crippen LogP contribution is 2.32. The maximum Gasteiger partial charge on any atom is 0.416 e. The summed E-state index contributed by atoms with van der Waals surface area (Å²) in [4.78, 5) is 3.78. The highest BCUT2D eigenvalue weighted by Gasteiger charge is 2.30. The zero-order chi connectivity index (χ0) is 23.5. The molecule has 0 saturated carbocycles. The predicted octanol–water partition coefficient (Wildman–Crippen LogP) is 6.33. The van der Waals surface area contributed by atoms with E-state index in [-0.39, 0.29) is 0 Å². The van der Waals surface area contributed by atoms with E-state index in [0.29, 0.717) is 5.56 Å². The summed E-state index contributed by atoms with van der Waals surface area (Å²) in [6, 6.07) is 24.2. The van der Waals surface area contributed by atoms with Crippen LogP contribution in [0.3, 0.4) is 0 Å². The van der Waals surface area contributed by atoms with E-state index < -0.39 is 11.7 Å². The SMILES string of the molecule is FC(F)(F)c1cccc(C2=c3c(ccc4c3=CCc3ccccc3-4)CCC2)c1.c1ccncc1. The highest BCUT2D eigenvalue weighted by molar-refractivity contribution is 5.77. The molecule has 0 fully saturated rings. The summed E-state index contributed by atoms with van der Waals surface area (Å²) in [5.41, 5.74) is 6.11. The van der Waals surface area contributed by atoms with Crippen LogP contribution < -0.4 is 10.4 Å². The molecule has 6 rings (SSSR count). The van der Waals surface area contributed by atoms with Crippen LogP contribution in [0.2, 0.25) is 0 Å². The van der Waals surface area contributed by atoms with Crippen molar-refractivity contribution in [2.75, 3.05) is 0 Å². The van der Waals surface area contributed by atoms with Crippen LogP contribution in [0, 0.1) is 0 Å². The Kier molecular flexibility index (Phi) is 6.06. The van der Waals surface area contributed by atoms with Crippen LogP contribution >= 0.6 is 0 Å². The second-order valence-electron chi connectivity index (χ2n) is 8.56. The van der Waals surface area contributed by atoms with Gasteiger partial charge in [0.25, 0.3) is 0 Å². The lowest BCUT2D eigenvalue weighted by Crippen LogP contribution is -2.36. The Hall–Kier alpha value is -3.66. The number of rotatable bonds is 1. The van der Waals surface area contributed by atoms with Crippen LogP contribution in [0.25, 0.3) is 22.8 Å². The number of aromatic nitrogens is 1. The van der Waals surface area contributed by atoms with Crippen molar-refractivity contribution in [3.63, 3.8) is 0 Å². The number of aryl methyl sites for hydroxylation is 1. The van der Waals surface area contributed by atoms with Crippen molar-refractivity contribution in [2.45, 2.75) is 31.9 Å². The number of hydrogen-bond acceptors (Lipinski definition) is 1. The van der Waals surface area contributed by atoms with E-state index in [0.717, 1.165) is 42.5 Å². The first-order valence-electron chi connectivity index (χ1n) is 11.5. The largest absolute Gasteiger partial charge is 0.416 e. The van der Waals surface area contributed by atoms with Crippen molar-refractivity contribution < 1.29 is 13.2 Å². The van der Waals surface area contributed by atoms with Crippen molar-refractivity contribution in [2.24, 2.45) is 0 Å². The van der Waals surface area contributed by atoms with E-state index in [4.69, 9.17) is 0 Å². The van der Waals surface area contributed by atoms with Gasteiger partial charge in [0.05, 0.1) is 5.56 Å². The van der Waals surface area contributed by atoms with Gasteiger partial charge in [-0.1, -0.05) is 60.7 Å². The number of nitrogens with zero attached hydrogens (tertiary/aromatic N) is 1. The monoisotopic (exact) mass is 455 g/mol. The van der Waals surface area contributed by atoms with Crippen LogP contribution in [-0.4, -0.2) is 4.98 Å². The molecule has 4 aromatic rings. The lowest BCUT2D eigenvalue weighted by Gasteiger charge is -2.22. The fraction of sp³-hybridized carbons (Fsp3) is 0.167. The molecule has 0 radical (unpaired) electrons. The quantitative estimate of drug-likeness (QED) is 0.327. The minimum absolute atomic E-state index is 0.580. The molecule has 2 aliphatic carbocycles. The molecule has 0 aliphatic heterocycles. The van der Waals surface area contributed by atoms with E-state index in [2.05, 4.69) is 41.4 Å². The van der Waals surface area contributed by atoms with Crippen LogP contribution in [0.5, 0.6) is 0 Å². The number of hydrogen-bond donors (Lipinski definition) is 0. The fourth-order valence-corrected chi connectivity index (χ4v) is 4.91. The molecule has 0 atom stereocenters. The van der Waals surface area contributed by atoms with Crippen LogP contribution in [-0.2, 0) is 19.0 Å². The lowest BCUT2D eigenvalue weighted by molar-refractivity contribution is -0.137. The average molecular weight is 456 g/mol. The molecule has 0 bridgehead atoms. The number of fused-ring (bicyclic) bond motifs is 5. The molecule has 3 aromatic carbocycles. The number of pyridine rings is 1. The molecule has 1 heterocycles. The maximum atomic E-state index is 13.3. The van der Waals surface area contributed by atoms with Crippen LogP contribution in [0.1, 0.15) is 35.1 Å². The summed E-state index contributed by atoms with van der Waals surface area (Å²) < 4.78 is 39.8. The molecular weight excluding hydrogens is 431 g/mol. The molecule has 0 saturated heterocycles. The molecular formula is C30H24F3N. The van der Waals surface area contributed by atoms with Crippen molar-refractivity contribution in [1.29, 1.82) is 0 Å². The first kappa shape index (κ1) is 22.1. The lowest BCUT2D eigenvalue weighted by atomic mass is 9.83. The zero-order valence-electron chi connectivity index (χ0n) is 18.6. The molecule has 0 amide bonds. The van der Waals surface area contributed by atoms with Crippen molar-refractivity contribution in [3.05, 3.63) is 124 Å².